The van der Waals surface area contributed by atoms with Gasteiger partial charge in [0.05, 0.1) is 22.1 Å². The van der Waals surface area contributed by atoms with E-state index in [4.69, 9.17) is 0 Å². The van der Waals surface area contributed by atoms with Gasteiger partial charge in [-0.1, -0.05) is 0 Å². The Labute approximate surface area is 129 Å². The van der Waals surface area contributed by atoms with Gasteiger partial charge in [-0.05, 0) is 28.1 Å². The van der Waals surface area contributed by atoms with E-state index in [1.807, 2.05) is 4.90 Å². The van der Waals surface area contributed by atoms with Crippen LogP contribution in [0.4, 0.5) is 14.5 Å². The lowest BCUT2D eigenvalue weighted by Crippen LogP contribution is -2.46. The topological polar surface area (TPSA) is 35.2 Å². The second kappa shape index (κ2) is 6.11. The van der Waals surface area contributed by atoms with Crippen LogP contribution in [0.1, 0.15) is 5.69 Å². The van der Waals surface area contributed by atoms with Gasteiger partial charge in [0, 0.05) is 38.8 Å². The lowest BCUT2D eigenvalue weighted by atomic mass is 10.2. The molecule has 1 aliphatic rings. The van der Waals surface area contributed by atoms with Gasteiger partial charge in [-0.3, -0.25) is 10.00 Å². The van der Waals surface area contributed by atoms with E-state index >= 15 is 0 Å². The van der Waals surface area contributed by atoms with E-state index < -0.39 is 11.6 Å². The van der Waals surface area contributed by atoms with E-state index in [-0.39, 0.29) is 0 Å². The standard InChI is InChI=1S/C14H15BrF2N4/c15-11-8-18-19-13(11)9-20-3-5-21(6-4-20)14-2-1-10(16)7-12(14)17/h1-2,7-8H,3-6,9H2,(H,18,19). The predicted octanol–water partition coefficient (Wildman–Crippen LogP) is 2.77. The number of nitrogens with zero attached hydrogens (tertiary/aromatic N) is 3. The number of hydrogen-bond acceptors (Lipinski definition) is 3. The van der Waals surface area contributed by atoms with E-state index in [1.54, 1.807) is 6.20 Å². The van der Waals surface area contributed by atoms with Crippen molar-refractivity contribution in [3.05, 3.63) is 46.2 Å². The van der Waals surface area contributed by atoms with Crippen LogP contribution < -0.4 is 4.90 Å². The zero-order chi connectivity index (χ0) is 14.8. The fraction of sp³-hybridized carbons (Fsp3) is 0.357. The van der Waals surface area contributed by atoms with Crippen molar-refractivity contribution in [2.45, 2.75) is 6.54 Å². The number of aromatic amines is 1. The summed E-state index contributed by atoms with van der Waals surface area (Å²) in [5.41, 5.74) is 1.51. The summed E-state index contributed by atoms with van der Waals surface area (Å²) in [7, 11) is 0. The monoisotopic (exact) mass is 356 g/mol. The normalized spacial score (nSPS) is 16.4. The number of aromatic nitrogens is 2. The summed E-state index contributed by atoms with van der Waals surface area (Å²) in [4.78, 5) is 4.23. The van der Waals surface area contributed by atoms with Crippen molar-refractivity contribution in [1.82, 2.24) is 15.1 Å². The van der Waals surface area contributed by atoms with E-state index in [9.17, 15) is 8.78 Å². The molecule has 2 aromatic rings. The van der Waals surface area contributed by atoms with Crippen molar-refractivity contribution in [1.29, 1.82) is 0 Å². The van der Waals surface area contributed by atoms with Gasteiger partial charge in [-0.2, -0.15) is 5.10 Å². The molecule has 0 aliphatic carbocycles. The number of hydrogen-bond donors (Lipinski definition) is 1. The Bertz CT molecular complexity index is 623. The third kappa shape index (κ3) is 3.24. The molecule has 4 nitrogen and oxygen atoms in total. The van der Waals surface area contributed by atoms with Crippen LogP contribution in [0.15, 0.2) is 28.9 Å². The van der Waals surface area contributed by atoms with Gasteiger partial charge in [-0.25, -0.2) is 8.78 Å². The summed E-state index contributed by atoms with van der Waals surface area (Å²) in [5, 5.41) is 6.93. The molecule has 1 aromatic carbocycles. The first kappa shape index (κ1) is 14.5. The average molecular weight is 357 g/mol. The number of benzene rings is 1. The van der Waals surface area contributed by atoms with Gasteiger partial charge in [0.25, 0.3) is 0 Å². The van der Waals surface area contributed by atoms with Crippen LogP contribution >= 0.6 is 15.9 Å². The maximum absolute atomic E-state index is 13.8. The van der Waals surface area contributed by atoms with Crippen LogP contribution in [0.25, 0.3) is 0 Å². The second-order valence-electron chi connectivity index (χ2n) is 5.06. The molecule has 0 radical (unpaired) electrons. The van der Waals surface area contributed by atoms with Crippen LogP contribution in [0, 0.1) is 11.6 Å². The first-order valence-electron chi connectivity index (χ1n) is 6.73. The quantitative estimate of drug-likeness (QED) is 0.918. The van der Waals surface area contributed by atoms with Crippen molar-refractivity contribution >= 4 is 21.6 Å². The molecule has 21 heavy (non-hydrogen) atoms. The van der Waals surface area contributed by atoms with E-state index in [2.05, 4.69) is 31.0 Å². The Hall–Kier alpha value is -1.47. The van der Waals surface area contributed by atoms with Crippen molar-refractivity contribution in [2.24, 2.45) is 0 Å². The van der Waals surface area contributed by atoms with Gasteiger partial charge in [0.1, 0.15) is 11.6 Å². The lowest BCUT2D eigenvalue weighted by molar-refractivity contribution is 0.246. The van der Waals surface area contributed by atoms with Gasteiger partial charge in [0.2, 0.25) is 0 Å². The molecule has 0 atom stereocenters. The molecule has 0 bridgehead atoms. The van der Waals surface area contributed by atoms with E-state index in [0.29, 0.717) is 18.8 Å². The van der Waals surface area contributed by atoms with Gasteiger partial charge in [-0.15, -0.1) is 0 Å². The minimum Gasteiger partial charge on any atom is -0.367 e. The van der Waals surface area contributed by atoms with Gasteiger partial charge >= 0.3 is 0 Å². The van der Waals surface area contributed by atoms with E-state index in [1.165, 1.54) is 12.1 Å². The third-order valence-electron chi connectivity index (χ3n) is 3.67. The number of rotatable bonds is 3. The molecular formula is C14H15BrF2N4. The summed E-state index contributed by atoms with van der Waals surface area (Å²) >= 11 is 3.44. The average Bonchev–Trinajstić information content (AvgIpc) is 2.86. The number of H-pyrrole nitrogens is 1. The Kier molecular flexibility index (Phi) is 4.21. The lowest BCUT2D eigenvalue weighted by Gasteiger charge is -2.36. The summed E-state index contributed by atoms with van der Waals surface area (Å²) < 4.78 is 27.7. The van der Waals surface area contributed by atoms with Crippen LogP contribution in [0.3, 0.4) is 0 Å². The largest absolute Gasteiger partial charge is 0.367 e. The SMILES string of the molecule is Fc1ccc(N2CCN(Cc3[nH]ncc3Br)CC2)c(F)c1. The van der Waals surface area contributed by atoms with Crippen molar-refractivity contribution < 1.29 is 8.78 Å². The molecule has 0 spiro atoms. The Morgan fingerprint density at radius 3 is 2.57 bits per heavy atom. The minimum atomic E-state index is -0.543. The smallest absolute Gasteiger partial charge is 0.149 e. The second-order valence-corrected chi connectivity index (χ2v) is 5.91. The first-order valence-corrected chi connectivity index (χ1v) is 7.53. The van der Waals surface area contributed by atoms with Crippen molar-refractivity contribution in [3.63, 3.8) is 0 Å². The third-order valence-corrected chi connectivity index (χ3v) is 4.35. The van der Waals surface area contributed by atoms with Crippen LogP contribution in [-0.2, 0) is 6.54 Å². The molecule has 7 heteroatoms. The zero-order valence-electron chi connectivity index (χ0n) is 11.3. The summed E-state index contributed by atoms with van der Waals surface area (Å²) in [6.45, 7) is 3.85. The Balaban J connectivity index is 1.61. The summed E-state index contributed by atoms with van der Waals surface area (Å²) in [5.74, 6) is -1.04. The molecule has 112 valence electrons. The van der Waals surface area contributed by atoms with Gasteiger partial charge < -0.3 is 4.90 Å². The molecular weight excluding hydrogens is 342 g/mol. The molecule has 2 heterocycles. The number of halogens is 3. The van der Waals surface area contributed by atoms with Gasteiger partial charge in [0.15, 0.2) is 0 Å². The fourth-order valence-electron chi connectivity index (χ4n) is 2.52. The molecule has 0 unspecified atom stereocenters. The highest BCUT2D eigenvalue weighted by molar-refractivity contribution is 9.10. The zero-order valence-corrected chi connectivity index (χ0v) is 12.9. The molecule has 1 fully saturated rings. The highest BCUT2D eigenvalue weighted by Gasteiger charge is 2.20. The maximum atomic E-state index is 13.8. The van der Waals surface area contributed by atoms with Crippen LogP contribution in [0.5, 0.6) is 0 Å². The Morgan fingerprint density at radius 2 is 1.95 bits per heavy atom. The van der Waals surface area contributed by atoms with Crippen molar-refractivity contribution in [2.75, 3.05) is 31.1 Å². The molecule has 1 N–H and O–H groups in total. The molecule has 0 saturated carbocycles. The highest BCUT2D eigenvalue weighted by atomic mass is 79.9. The molecule has 1 saturated heterocycles. The minimum absolute atomic E-state index is 0.471. The molecule has 0 amide bonds. The van der Waals surface area contributed by atoms with Crippen molar-refractivity contribution in [3.8, 4) is 0 Å². The number of anilines is 1. The molecule has 1 aliphatic heterocycles. The molecule has 1 aromatic heterocycles. The molecule has 3 rings (SSSR count). The van der Waals surface area contributed by atoms with Crippen LogP contribution in [-0.4, -0.2) is 41.3 Å². The van der Waals surface area contributed by atoms with E-state index in [0.717, 1.165) is 35.9 Å². The fourth-order valence-corrected chi connectivity index (χ4v) is 2.83. The van der Waals surface area contributed by atoms with Crippen LogP contribution in [0.2, 0.25) is 0 Å². The summed E-state index contributed by atoms with van der Waals surface area (Å²) in [6.07, 6.45) is 1.74. The Morgan fingerprint density at radius 1 is 1.19 bits per heavy atom. The first-order chi connectivity index (χ1) is 10.1. The number of piperazine rings is 1. The highest BCUT2D eigenvalue weighted by Crippen LogP contribution is 2.22. The number of nitrogens with one attached hydrogen (secondary N) is 1. The predicted molar refractivity (Wildman–Crippen MR) is 80.1 cm³/mol. The summed E-state index contributed by atoms with van der Waals surface area (Å²) in [6, 6.07) is 3.74. The maximum Gasteiger partial charge on any atom is 0.149 e.